The van der Waals surface area contributed by atoms with E-state index in [0.29, 0.717) is 6.61 Å². The highest BCUT2D eigenvalue weighted by molar-refractivity contribution is 7.10. The molecule has 0 saturated carbocycles. The molecule has 88 valence electrons. The van der Waals surface area contributed by atoms with Crippen molar-refractivity contribution in [2.45, 2.75) is 13.8 Å². The molecule has 0 aliphatic heterocycles. The van der Waals surface area contributed by atoms with Gasteiger partial charge in [0.15, 0.2) is 0 Å². The van der Waals surface area contributed by atoms with Crippen LogP contribution in [0.15, 0.2) is 41.9 Å². The molecular weight excluding hydrogens is 230 g/mol. The molecule has 0 aliphatic carbocycles. The minimum Gasteiger partial charge on any atom is -0.489 e. The fraction of sp³-hybridized carbons (Fsp3) is 0.214. The third kappa shape index (κ3) is 2.94. The summed E-state index contributed by atoms with van der Waals surface area (Å²) in [5.41, 5.74) is 5.08. The van der Waals surface area contributed by atoms with Gasteiger partial charge in [-0.2, -0.15) is 0 Å². The van der Waals surface area contributed by atoms with E-state index in [1.54, 1.807) is 11.3 Å². The number of ether oxygens (including phenoxy) is 1. The molecule has 2 nitrogen and oxygen atoms in total. The Balaban J connectivity index is 2.13. The summed E-state index contributed by atoms with van der Waals surface area (Å²) in [6, 6.07) is 8.01. The van der Waals surface area contributed by atoms with Gasteiger partial charge < -0.3 is 4.74 Å². The Bertz CT molecular complexity index is 513. The third-order valence-corrected chi connectivity index (χ3v) is 3.12. The van der Waals surface area contributed by atoms with Crippen molar-refractivity contribution in [1.29, 1.82) is 0 Å². The Morgan fingerprint density at radius 2 is 2.06 bits per heavy atom. The lowest BCUT2D eigenvalue weighted by Gasteiger charge is -2.06. The van der Waals surface area contributed by atoms with Gasteiger partial charge in [-0.15, -0.1) is 11.3 Å². The lowest BCUT2D eigenvalue weighted by molar-refractivity contribution is 0.353. The van der Waals surface area contributed by atoms with Gasteiger partial charge in [0.25, 0.3) is 0 Å². The average molecular weight is 245 g/mol. The Labute approximate surface area is 106 Å². The maximum atomic E-state index is 5.55. The molecule has 2 aromatic rings. The zero-order valence-electron chi connectivity index (χ0n) is 10.1. The summed E-state index contributed by atoms with van der Waals surface area (Å²) in [6.07, 6.45) is 0. The smallest absolute Gasteiger partial charge is 0.119 e. The summed E-state index contributed by atoms with van der Waals surface area (Å²) in [5.74, 6) is 0.865. The van der Waals surface area contributed by atoms with Crippen molar-refractivity contribution in [3.05, 3.63) is 46.8 Å². The quantitative estimate of drug-likeness (QED) is 0.757. The summed E-state index contributed by atoms with van der Waals surface area (Å²) < 4.78 is 5.55. The monoisotopic (exact) mass is 245 g/mol. The zero-order chi connectivity index (χ0) is 12.3. The van der Waals surface area contributed by atoms with Crippen molar-refractivity contribution in [3.8, 4) is 17.0 Å². The fourth-order valence-corrected chi connectivity index (χ4v) is 2.10. The normalized spacial score (nSPS) is 10.2. The maximum Gasteiger partial charge on any atom is 0.119 e. The van der Waals surface area contributed by atoms with Crippen LogP contribution in [0.5, 0.6) is 5.75 Å². The molecule has 1 aromatic heterocycles. The standard InChI is InChI=1S/C14H15NOS/c1-10(2)8-16-13-6-4-12(5-7-13)14-11(3)17-9-15-14/h4-7,9H,1,8H2,2-3H3. The van der Waals surface area contributed by atoms with E-state index in [-0.39, 0.29) is 0 Å². The number of hydrogen-bond donors (Lipinski definition) is 0. The van der Waals surface area contributed by atoms with E-state index >= 15 is 0 Å². The van der Waals surface area contributed by atoms with Crippen LogP contribution >= 0.6 is 11.3 Å². The van der Waals surface area contributed by atoms with Crippen LogP contribution in [0.3, 0.4) is 0 Å². The van der Waals surface area contributed by atoms with Crippen LogP contribution < -0.4 is 4.74 Å². The van der Waals surface area contributed by atoms with E-state index < -0.39 is 0 Å². The highest BCUT2D eigenvalue weighted by Crippen LogP contribution is 2.26. The average Bonchev–Trinajstić information content (AvgIpc) is 2.73. The molecule has 0 N–H and O–H groups in total. The predicted molar refractivity (Wildman–Crippen MR) is 72.6 cm³/mol. The van der Waals surface area contributed by atoms with E-state index in [4.69, 9.17) is 4.74 Å². The zero-order valence-corrected chi connectivity index (χ0v) is 10.9. The third-order valence-electron chi connectivity index (χ3n) is 2.36. The second kappa shape index (κ2) is 5.15. The number of aromatic nitrogens is 1. The lowest BCUT2D eigenvalue weighted by atomic mass is 10.1. The van der Waals surface area contributed by atoms with Crippen LogP contribution in [0.1, 0.15) is 11.8 Å². The van der Waals surface area contributed by atoms with Crippen molar-refractivity contribution in [2.75, 3.05) is 6.61 Å². The largest absolute Gasteiger partial charge is 0.489 e. The predicted octanol–water partition coefficient (Wildman–Crippen LogP) is 4.07. The summed E-state index contributed by atoms with van der Waals surface area (Å²) in [6.45, 7) is 8.40. The molecule has 0 aliphatic rings. The summed E-state index contributed by atoms with van der Waals surface area (Å²) in [5, 5.41) is 0. The molecule has 0 unspecified atom stereocenters. The van der Waals surface area contributed by atoms with E-state index in [1.807, 2.05) is 36.7 Å². The van der Waals surface area contributed by atoms with Gasteiger partial charge >= 0.3 is 0 Å². The lowest BCUT2D eigenvalue weighted by Crippen LogP contribution is -1.97. The van der Waals surface area contributed by atoms with Crippen molar-refractivity contribution >= 4 is 11.3 Å². The molecule has 0 spiro atoms. The Morgan fingerprint density at radius 3 is 2.59 bits per heavy atom. The first-order valence-electron chi connectivity index (χ1n) is 5.44. The molecule has 0 fully saturated rings. The second-order valence-corrected chi connectivity index (χ2v) is 5.09. The van der Waals surface area contributed by atoms with E-state index in [9.17, 15) is 0 Å². The molecule has 0 saturated heterocycles. The maximum absolute atomic E-state index is 5.55. The van der Waals surface area contributed by atoms with Crippen LogP contribution in [0, 0.1) is 6.92 Å². The topological polar surface area (TPSA) is 22.1 Å². The van der Waals surface area contributed by atoms with Crippen LogP contribution in [0.2, 0.25) is 0 Å². The van der Waals surface area contributed by atoms with Gasteiger partial charge in [-0.25, -0.2) is 4.98 Å². The van der Waals surface area contributed by atoms with Gasteiger partial charge in [-0.1, -0.05) is 6.58 Å². The van der Waals surface area contributed by atoms with Gasteiger partial charge in [0.1, 0.15) is 12.4 Å². The van der Waals surface area contributed by atoms with Crippen LogP contribution in [0.4, 0.5) is 0 Å². The number of nitrogens with zero attached hydrogens (tertiary/aromatic N) is 1. The number of aryl methyl sites for hydroxylation is 1. The minimum absolute atomic E-state index is 0.565. The molecule has 0 atom stereocenters. The van der Waals surface area contributed by atoms with Gasteiger partial charge in [-0.3, -0.25) is 0 Å². The van der Waals surface area contributed by atoms with Gasteiger partial charge in [-0.05, 0) is 43.7 Å². The highest BCUT2D eigenvalue weighted by atomic mass is 32.1. The Morgan fingerprint density at radius 1 is 1.35 bits per heavy atom. The van der Waals surface area contributed by atoms with E-state index in [2.05, 4.69) is 18.5 Å². The highest BCUT2D eigenvalue weighted by Gasteiger charge is 2.04. The van der Waals surface area contributed by atoms with Crippen LogP contribution in [-0.2, 0) is 0 Å². The van der Waals surface area contributed by atoms with Crippen molar-refractivity contribution in [1.82, 2.24) is 4.98 Å². The number of rotatable bonds is 4. The van der Waals surface area contributed by atoms with Crippen molar-refractivity contribution < 1.29 is 4.74 Å². The Kier molecular flexibility index (Phi) is 3.59. The summed E-state index contributed by atoms with van der Waals surface area (Å²) in [4.78, 5) is 5.59. The van der Waals surface area contributed by atoms with Crippen molar-refractivity contribution in [2.24, 2.45) is 0 Å². The first-order valence-corrected chi connectivity index (χ1v) is 6.32. The van der Waals surface area contributed by atoms with E-state index in [0.717, 1.165) is 22.6 Å². The first-order chi connectivity index (χ1) is 8.16. The molecule has 1 heterocycles. The summed E-state index contributed by atoms with van der Waals surface area (Å²) in [7, 11) is 0. The molecule has 0 radical (unpaired) electrons. The number of hydrogen-bond acceptors (Lipinski definition) is 3. The molecule has 2 rings (SSSR count). The first kappa shape index (κ1) is 11.9. The van der Waals surface area contributed by atoms with Crippen LogP contribution in [0.25, 0.3) is 11.3 Å². The molecular formula is C14H15NOS. The second-order valence-electron chi connectivity index (χ2n) is 4.03. The molecule has 1 aromatic carbocycles. The molecule has 3 heteroatoms. The molecule has 0 amide bonds. The fourth-order valence-electron chi connectivity index (χ4n) is 1.50. The minimum atomic E-state index is 0.565. The summed E-state index contributed by atoms with van der Waals surface area (Å²) >= 11 is 1.66. The number of benzene rings is 1. The van der Waals surface area contributed by atoms with Crippen molar-refractivity contribution in [3.63, 3.8) is 0 Å². The SMILES string of the molecule is C=C(C)COc1ccc(-c2ncsc2C)cc1. The molecule has 17 heavy (non-hydrogen) atoms. The Hall–Kier alpha value is -1.61. The number of thiazole rings is 1. The molecule has 0 bridgehead atoms. The van der Waals surface area contributed by atoms with E-state index in [1.165, 1.54) is 4.88 Å². The van der Waals surface area contributed by atoms with Gasteiger partial charge in [0.2, 0.25) is 0 Å². The van der Waals surface area contributed by atoms with Gasteiger partial charge in [0, 0.05) is 10.4 Å². The van der Waals surface area contributed by atoms with Gasteiger partial charge in [0.05, 0.1) is 11.2 Å². The van der Waals surface area contributed by atoms with Crippen LogP contribution in [-0.4, -0.2) is 11.6 Å².